The molecule has 2 N–H and O–H groups in total. The van der Waals surface area contributed by atoms with Gasteiger partial charge in [-0.25, -0.2) is 4.79 Å². The second-order valence-corrected chi connectivity index (χ2v) is 4.94. The molecule has 0 aliphatic carbocycles. The van der Waals surface area contributed by atoms with E-state index < -0.39 is 0 Å². The van der Waals surface area contributed by atoms with E-state index in [1.54, 1.807) is 7.11 Å². The van der Waals surface area contributed by atoms with Gasteiger partial charge >= 0.3 is 6.03 Å². The van der Waals surface area contributed by atoms with Crippen LogP contribution in [-0.2, 0) is 6.42 Å². The number of fused-ring (bicyclic) bond motifs is 1. The predicted molar refractivity (Wildman–Crippen MR) is 77.4 cm³/mol. The molecule has 2 rings (SSSR count). The van der Waals surface area contributed by atoms with Gasteiger partial charge in [-0.2, -0.15) is 0 Å². The Morgan fingerprint density at radius 3 is 3.10 bits per heavy atom. The molecular weight excluding hydrogens is 256 g/mol. The first-order valence-corrected chi connectivity index (χ1v) is 7.07. The average Bonchev–Trinajstić information content (AvgIpc) is 2.46. The zero-order valence-corrected chi connectivity index (χ0v) is 12.1. The van der Waals surface area contributed by atoms with Crippen LogP contribution in [-0.4, -0.2) is 32.3 Å². The first-order valence-electron chi connectivity index (χ1n) is 7.07. The highest BCUT2D eigenvalue weighted by atomic mass is 16.5. The largest absolute Gasteiger partial charge is 0.497 e. The maximum Gasteiger partial charge on any atom is 0.315 e. The van der Waals surface area contributed by atoms with E-state index >= 15 is 0 Å². The smallest absolute Gasteiger partial charge is 0.315 e. The fourth-order valence-corrected chi connectivity index (χ4v) is 2.21. The van der Waals surface area contributed by atoms with E-state index in [0.717, 1.165) is 36.3 Å². The summed E-state index contributed by atoms with van der Waals surface area (Å²) in [5.74, 6) is 1.68. The normalized spacial score (nSPS) is 16.8. The Labute approximate surface area is 119 Å². The summed E-state index contributed by atoms with van der Waals surface area (Å²) < 4.78 is 10.9. The fraction of sp³-hybridized carbons (Fsp3) is 0.533. The van der Waals surface area contributed by atoms with Crippen LogP contribution in [0.2, 0.25) is 0 Å². The van der Waals surface area contributed by atoms with Crippen LogP contribution < -0.4 is 20.1 Å². The van der Waals surface area contributed by atoms with Gasteiger partial charge in [0.2, 0.25) is 0 Å². The van der Waals surface area contributed by atoms with Gasteiger partial charge in [-0.1, -0.05) is 13.3 Å². The molecule has 20 heavy (non-hydrogen) atoms. The third-order valence-corrected chi connectivity index (χ3v) is 3.33. The Bertz CT molecular complexity index is 462. The van der Waals surface area contributed by atoms with Crippen LogP contribution in [0.5, 0.6) is 11.5 Å². The molecule has 1 aromatic carbocycles. The number of urea groups is 1. The molecule has 1 aliphatic heterocycles. The minimum absolute atomic E-state index is 0.00349. The topological polar surface area (TPSA) is 59.6 Å². The summed E-state index contributed by atoms with van der Waals surface area (Å²) in [7, 11) is 1.64. The summed E-state index contributed by atoms with van der Waals surface area (Å²) in [6.45, 7) is 3.31. The van der Waals surface area contributed by atoms with E-state index in [9.17, 15) is 4.79 Å². The Morgan fingerprint density at radius 2 is 2.35 bits per heavy atom. The first kappa shape index (κ1) is 14.5. The van der Waals surface area contributed by atoms with Crippen molar-refractivity contribution >= 4 is 6.03 Å². The molecule has 1 aliphatic rings. The zero-order valence-electron chi connectivity index (χ0n) is 12.1. The van der Waals surface area contributed by atoms with Crippen LogP contribution in [0.4, 0.5) is 4.79 Å². The van der Waals surface area contributed by atoms with Crippen molar-refractivity contribution < 1.29 is 14.3 Å². The second kappa shape index (κ2) is 7.03. The molecule has 0 radical (unpaired) electrons. The van der Waals surface area contributed by atoms with Crippen molar-refractivity contribution in [3.8, 4) is 11.5 Å². The molecule has 0 aromatic heterocycles. The van der Waals surface area contributed by atoms with Gasteiger partial charge in [0, 0.05) is 6.54 Å². The molecule has 0 fully saturated rings. The lowest BCUT2D eigenvalue weighted by atomic mass is 10.0. The van der Waals surface area contributed by atoms with Gasteiger partial charge in [0.15, 0.2) is 0 Å². The molecule has 0 saturated carbocycles. The summed E-state index contributed by atoms with van der Waals surface area (Å²) >= 11 is 0. The Morgan fingerprint density at radius 1 is 1.50 bits per heavy atom. The second-order valence-electron chi connectivity index (χ2n) is 4.94. The number of rotatable bonds is 5. The van der Waals surface area contributed by atoms with Gasteiger partial charge in [-0.3, -0.25) is 0 Å². The molecule has 1 heterocycles. The lowest BCUT2D eigenvalue weighted by Crippen LogP contribution is -2.47. The summed E-state index contributed by atoms with van der Waals surface area (Å²) in [5.41, 5.74) is 1.06. The first-order chi connectivity index (χ1) is 9.72. The standard InChI is InChI=1S/C15H22N2O3/c1-3-4-7-16-15(18)17-12-8-11-9-13(19-2)5-6-14(11)20-10-12/h5-6,9,12H,3-4,7-8,10H2,1-2H3,(H2,16,17,18). The fourth-order valence-electron chi connectivity index (χ4n) is 2.21. The number of unbranched alkanes of at least 4 members (excludes halogenated alkanes) is 1. The van der Waals surface area contributed by atoms with E-state index in [0.29, 0.717) is 13.2 Å². The number of nitrogens with one attached hydrogen (secondary N) is 2. The molecule has 0 spiro atoms. The van der Waals surface area contributed by atoms with Crippen molar-refractivity contribution in [3.05, 3.63) is 23.8 Å². The zero-order chi connectivity index (χ0) is 14.4. The van der Waals surface area contributed by atoms with E-state index in [2.05, 4.69) is 17.6 Å². The van der Waals surface area contributed by atoms with Gasteiger partial charge in [0.25, 0.3) is 0 Å². The van der Waals surface area contributed by atoms with Gasteiger partial charge < -0.3 is 20.1 Å². The number of carbonyl (C=O) groups is 1. The highest BCUT2D eigenvalue weighted by Gasteiger charge is 2.21. The van der Waals surface area contributed by atoms with Gasteiger partial charge in [0.05, 0.1) is 13.2 Å². The molecule has 0 saturated heterocycles. The third kappa shape index (κ3) is 3.79. The monoisotopic (exact) mass is 278 g/mol. The molecule has 1 atom stereocenters. The number of hydrogen-bond acceptors (Lipinski definition) is 3. The third-order valence-electron chi connectivity index (χ3n) is 3.33. The van der Waals surface area contributed by atoms with Gasteiger partial charge in [-0.05, 0) is 36.6 Å². The summed E-state index contributed by atoms with van der Waals surface area (Å²) in [5, 5.41) is 5.79. The summed E-state index contributed by atoms with van der Waals surface area (Å²) in [4.78, 5) is 11.7. The van der Waals surface area contributed by atoms with E-state index in [4.69, 9.17) is 9.47 Å². The predicted octanol–water partition coefficient (Wildman–Crippen LogP) is 2.10. The molecule has 5 heteroatoms. The molecule has 5 nitrogen and oxygen atoms in total. The number of carbonyl (C=O) groups excluding carboxylic acids is 1. The van der Waals surface area contributed by atoms with Crippen molar-refractivity contribution in [1.29, 1.82) is 0 Å². The minimum Gasteiger partial charge on any atom is -0.497 e. The van der Waals surface area contributed by atoms with Crippen molar-refractivity contribution in [1.82, 2.24) is 10.6 Å². The lowest BCUT2D eigenvalue weighted by Gasteiger charge is -2.26. The number of ether oxygens (including phenoxy) is 2. The van der Waals surface area contributed by atoms with Crippen molar-refractivity contribution in [2.75, 3.05) is 20.3 Å². The van der Waals surface area contributed by atoms with E-state index in [-0.39, 0.29) is 12.1 Å². The van der Waals surface area contributed by atoms with Crippen LogP contribution in [0, 0.1) is 0 Å². The number of hydrogen-bond donors (Lipinski definition) is 2. The van der Waals surface area contributed by atoms with E-state index in [1.165, 1.54) is 0 Å². The highest BCUT2D eigenvalue weighted by molar-refractivity contribution is 5.74. The Balaban J connectivity index is 1.88. The highest BCUT2D eigenvalue weighted by Crippen LogP contribution is 2.28. The van der Waals surface area contributed by atoms with Gasteiger partial charge in [0.1, 0.15) is 18.1 Å². The maximum absolute atomic E-state index is 11.7. The number of benzene rings is 1. The average molecular weight is 278 g/mol. The quantitative estimate of drug-likeness (QED) is 0.811. The lowest BCUT2D eigenvalue weighted by molar-refractivity contribution is 0.214. The van der Waals surface area contributed by atoms with Crippen LogP contribution in [0.15, 0.2) is 18.2 Å². The van der Waals surface area contributed by atoms with Crippen molar-refractivity contribution in [3.63, 3.8) is 0 Å². The maximum atomic E-state index is 11.7. The van der Waals surface area contributed by atoms with Crippen molar-refractivity contribution in [2.45, 2.75) is 32.2 Å². The Kier molecular flexibility index (Phi) is 5.09. The summed E-state index contributed by atoms with van der Waals surface area (Å²) in [6.07, 6.45) is 2.82. The molecule has 110 valence electrons. The van der Waals surface area contributed by atoms with Crippen LogP contribution >= 0.6 is 0 Å². The summed E-state index contributed by atoms with van der Waals surface area (Å²) in [6, 6.07) is 5.61. The minimum atomic E-state index is -0.126. The molecule has 0 bridgehead atoms. The van der Waals surface area contributed by atoms with Crippen molar-refractivity contribution in [2.24, 2.45) is 0 Å². The molecular formula is C15H22N2O3. The molecule has 1 unspecified atom stereocenters. The number of methoxy groups -OCH3 is 1. The molecule has 2 amide bonds. The SMILES string of the molecule is CCCCNC(=O)NC1COc2ccc(OC)cc2C1. The van der Waals surface area contributed by atoms with Crippen LogP contribution in [0.3, 0.4) is 0 Å². The number of amides is 2. The van der Waals surface area contributed by atoms with E-state index in [1.807, 2.05) is 18.2 Å². The molecule has 1 aromatic rings. The Hall–Kier alpha value is -1.91. The van der Waals surface area contributed by atoms with Gasteiger partial charge in [-0.15, -0.1) is 0 Å². The van der Waals surface area contributed by atoms with Crippen LogP contribution in [0.25, 0.3) is 0 Å². The van der Waals surface area contributed by atoms with Crippen LogP contribution in [0.1, 0.15) is 25.3 Å².